The molecule has 0 bridgehead atoms. The van der Waals surface area contributed by atoms with Crippen molar-refractivity contribution in [2.45, 2.75) is 19.5 Å². The van der Waals surface area contributed by atoms with Crippen LogP contribution >= 0.6 is 0 Å². The number of hydrogen-bond donors (Lipinski definition) is 1. The largest absolute Gasteiger partial charge is 0.497 e. The first kappa shape index (κ1) is 18.6. The summed E-state index contributed by atoms with van der Waals surface area (Å²) in [7, 11) is 3.74. The molecule has 7 heteroatoms. The fourth-order valence-corrected chi connectivity index (χ4v) is 4.22. The van der Waals surface area contributed by atoms with Gasteiger partial charge in [0.25, 0.3) is 5.56 Å². The minimum absolute atomic E-state index is 0.0382. The maximum Gasteiger partial charge on any atom is 0.254 e. The van der Waals surface area contributed by atoms with E-state index in [0.717, 1.165) is 41.2 Å². The second-order valence-electron chi connectivity index (χ2n) is 7.68. The summed E-state index contributed by atoms with van der Waals surface area (Å²) in [6, 6.07) is 9.89. The van der Waals surface area contributed by atoms with Crippen LogP contribution in [0.15, 0.2) is 53.7 Å². The Kier molecular flexibility index (Phi) is 4.59. The van der Waals surface area contributed by atoms with Crippen molar-refractivity contribution in [3.63, 3.8) is 0 Å². The average molecular weight is 401 g/mol. The lowest BCUT2D eigenvalue weighted by atomic mass is 10.0. The van der Waals surface area contributed by atoms with Gasteiger partial charge < -0.3 is 14.3 Å². The number of rotatable bonds is 4. The fraction of sp³-hybridized carbons (Fsp3) is 0.261. The maximum atomic E-state index is 12.6. The predicted octanol–water partition coefficient (Wildman–Crippen LogP) is 2.89. The normalized spacial score (nSPS) is 14.1. The van der Waals surface area contributed by atoms with Crippen LogP contribution in [0.2, 0.25) is 0 Å². The predicted molar refractivity (Wildman–Crippen MR) is 115 cm³/mol. The summed E-state index contributed by atoms with van der Waals surface area (Å²) < 4.78 is 7.50. The minimum Gasteiger partial charge on any atom is -0.497 e. The molecule has 0 amide bonds. The van der Waals surface area contributed by atoms with Crippen molar-refractivity contribution in [2.75, 3.05) is 13.7 Å². The van der Waals surface area contributed by atoms with Crippen molar-refractivity contribution in [3.8, 4) is 17.1 Å². The van der Waals surface area contributed by atoms with Crippen LogP contribution in [0.4, 0.5) is 0 Å². The molecular weight excluding hydrogens is 378 g/mol. The molecule has 1 N–H and O–H groups in total. The monoisotopic (exact) mass is 401 g/mol. The molecule has 0 fully saturated rings. The third-order valence-corrected chi connectivity index (χ3v) is 5.78. The van der Waals surface area contributed by atoms with Crippen molar-refractivity contribution in [2.24, 2.45) is 7.05 Å². The third-order valence-electron chi connectivity index (χ3n) is 5.78. The topological polar surface area (TPSA) is 76.0 Å². The van der Waals surface area contributed by atoms with E-state index in [1.807, 2.05) is 18.2 Å². The Bertz CT molecular complexity index is 1280. The summed E-state index contributed by atoms with van der Waals surface area (Å²) in [5, 5.41) is 1.22. The van der Waals surface area contributed by atoms with E-state index in [2.05, 4.69) is 44.8 Å². The summed E-state index contributed by atoms with van der Waals surface area (Å²) in [6.07, 6.45) is 6.29. The molecule has 1 aromatic carbocycles. The van der Waals surface area contributed by atoms with E-state index >= 15 is 0 Å². The fourth-order valence-electron chi connectivity index (χ4n) is 4.22. The van der Waals surface area contributed by atoms with Gasteiger partial charge in [0.15, 0.2) is 0 Å². The molecule has 30 heavy (non-hydrogen) atoms. The van der Waals surface area contributed by atoms with Crippen LogP contribution in [0.3, 0.4) is 0 Å². The lowest BCUT2D eigenvalue weighted by Crippen LogP contribution is -2.35. The number of H-pyrrole nitrogens is 1. The Balaban J connectivity index is 1.44. The number of hydrogen-bond acceptors (Lipinski definition) is 5. The van der Waals surface area contributed by atoms with E-state index in [9.17, 15) is 4.79 Å². The van der Waals surface area contributed by atoms with Gasteiger partial charge in [0, 0.05) is 67.9 Å². The number of aryl methyl sites for hydroxylation is 1. The van der Waals surface area contributed by atoms with Gasteiger partial charge in [0.05, 0.1) is 18.3 Å². The number of fused-ring (bicyclic) bond motifs is 2. The Morgan fingerprint density at radius 1 is 1.20 bits per heavy atom. The van der Waals surface area contributed by atoms with E-state index in [0.29, 0.717) is 18.8 Å². The molecule has 0 saturated carbocycles. The van der Waals surface area contributed by atoms with Crippen molar-refractivity contribution in [3.05, 3.63) is 76.1 Å². The van der Waals surface area contributed by atoms with Crippen molar-refractivity contribution in [1.29, 1.82) is 0 Å². The van der Waals surface area contributed by atoms with Crippen molar-refractivity contribution < 1.29 is 4.74 Å². The molecule has 0 unspecified atom stereocenters. The lowest BCUT2D eigenvalue weighted by Gasteiger charge is -2.27. The molecule has 1 aliphatic heterocycles. The zero-order valence-corrected chi connectivity index (χ0v) is 17.1. The van der Waals surface area contributed by atoms with Crippen LogP contribution in [0.25, 0.3) is 22.3 Å². The minimum atomic E-state index is -0.0382. The summed E-state index contributed by atoms with van der Waals surface area (Å²) in [4.78, 5) is 26.7. The van der Waals surface area contributed by atoms with Gasteiger partial charge in [-0.05, 0) is 36.2 Å². The Morgan fingerprint density at radius 3 is 2.83 bits per heavy atom. The molecule has 1 aliphatic rings. The highest BCUT2D eigenvalue weighted by molar-refractivity contribution is 5.85. The first-order valence-corrected chi connectivity index (χ1v) is 9.99. The first-order chi connectivity index (χ1) is 14.6. The Morgan fingerprint density at radius 2 is 2.03 bits per heavy atom. The molecule has 0 saturated heterocycles. The molecule has 3 aromatic heterocycles. The van der Waals surface area contributed by atoms with Crippen molar-refractivity contribution in [1.82, 2.24) is 24.4 Å². The lowest BCUT2D eigenvalue weighted by molar-refractivity contribution is 0.241. The highest BCUT2D eigenvalue weighted by atomic mass is 16.5. The smallest absolute Gasteiger partial charge is 0.254 e. The number of methoxy groups -OCH3 is 1. The van der Waals surface area contributed by atoms with Crippen LogP contribution in [-0.2, 0) is 26.6 Å². The standard InChI is InChI=1S/C23H23N5O2/c1-27-12-16(18-4-3-17(30-2)11-21(18)27)13-28-10-7-19-20(14-28)25-22(26-23(19)29)15-5-8-24-9-6-15/h3-6,8-9,11-12H,7,10,13-14H2,1-2H3,(H,25,26,29). The molecule has 0 spiro atoms. The number of ether oxygens (including phenoxy) is 1. The van der Waals surface area contributed by atoms with Gasteiger partial charge in [-0.2, -0.15) is 0 Å². The van der Waals surface area contributed by atoms with Gasteiger partial charge in [-0.1, -0.05) is 0 Å². The van der Waals surface area contributed by atoms with Gasteiger partial charge in [0.2, 0.25) is 0 Å². The van der Waals surface area contributed by atoms with Crippen LogP contribution < -0.4 is 10.3 Å². The van der Waals surface area contributed by atoms with Gasteiger partial charge in [-0.25, -0.2) is 4.98 Å². The average Bonchev–Trinajstić information content (AvgIpc) is 3.08. The van der Waals surface area contributed by atoms with E-state index in [1.54, 1.807) is 19.5 Å². The third kappa shape index (κ3) is 3.27. The van der Waals surface area contributed by atoms with Gasteiger partial charge in [0.1, 0.15) is 11.6 Å². The van der Waals surface area contributed by atoms with Crippen molar-refractivity contribution >= 4 is 10.9 Å². The molecule has 152 valence electrons. The molecule has 0 radical (unpaired) electrons. The number of benzene rings is 1. The summed E-state index contributed by atoms with van der Waals surface area (Å²) in [5.41, 5.74) is 4.90. The molecule has 4 heterocycles. The van der Waals surface area contributed by atoms with Gasteiger partial charge >= 0.3 is 0 Å². The number of nitrogens with zero attached hydrogens (tertiary/aromatic N) is 4. The zero-order valence-electron chi connectivity index (χ0n) is 17.1. The number of aromatic amines is 1. The van der Waals surface area contributed by atoms with E-state index in [-0.39, 0.29) is 5.56 Å². The van der Waals surface area contributed by atoms with E-state index in [4.69, 9.17) is 9.72 Å². The molecule has 7 nitrogen and oxygen atoms in total. The van der Waals surface area contributed by atoms with E-state index in [1.165, 1.54) is 10.9 Å². The molecular formula is C23H23N5O2. The second-order valence-corrected chi connectivity index (χ2v) is 7.68. The Labute approximate surface area is 174 Å². The van der Waals surface area contributed by atoms with Crippen LogP contribution in [0.1, 0.15) is 16.8 Å². The van der Waals surface area contributed by atoms with Gasteiger partial charge in [-0.3, -0.25) is 14.7 Å². The summed E-state index contributed by atoms with van der Waals surface area (Å²) in [6.45, 7) is 2.30. The maximum absolute atomic E-state index is 12.6. The molecule has 0 aliphatic carbocycles. The zero-order chi connectivity index (χ0) is 20.7. The molecule has 5 rings (SSSR count). The van der Waals surface area contributed by atoms with Crippen LogP contribution in [0, 0.1) is 0 Å². The second kappa shape index (κ2) is 7.42. The highest BCUT2D eigenvalue weighted by Crippen LogP contribution is 2.27. The van der Waals surface area contributed by atoms with Gasteiger partial charge in [-0.15, -0.1) is 0 Å². The van der Waals surface area contributed by atoms with E-state index < -0.39 is 0 Å². The first-order valence-electron chi connectivity index (χ1n) is 9.99. The number of nitrogens with one attached hydrogen (secondary N) is 1. The Hall–Kier alpha value is -3.45. The number of pyridine rings is 1. The molecule has 0 atom stereocenters. The quantitative estimate of drug-likeness (QED) is 0.569. The van der Waals surface area contributed by atoms with Crippen LogP contribution in [0.5, 0.6) is 5.75 Å². The van der Waals surface area contributed by atoms with Crippen LogP contribution in [-0.4, -0.2) is 38.1 Å². The summed E-state index contributed by atoms with van der Waals surface area (Å²) in [5.74, 6) is 1.45. The molecule has 4 aromatic rings. The summed E-state index contributed by atoms with van der Waals surface area (Å²) >= 11 is 0. The highest BCUT2D eigenvalue weighted by Gasteiger charge is 2.22. The SMILES string of the molecule is COc1ccc2c(CN3CCc4c(nc(-c5ccncc5)[nH]c4=O)C3)cn(C)c2c1. The number of aromatic nitrogens is 4.